The van der Waals surface area contributed by atoms with Crippen molar-refractivity contribution in [1.82, 2.24) is 0 Å². The van der Waals surface area contributed by atoms with E-state index in [-0.39, 0.29) is 22.9 Å². The Kier molecular flexibility index (Phi) is 3.08. The van der Waals surface area contributed by atoms with Crippen molar-refractivity contribution < 1.29 is 14.6 Å². The summed E-state index contributed by atoms with van der Waals surface area (Å²) in [6, 6.07) is 0. The summed E-state index contributed by atoms with van der Waals surface area (Å²) in [4.78, 5) is 12.1. The van der Waals surface area contributed by atoms with E-state index in [1.54, 1.807) is 6.08 Å². The van der Waals surface area contributed by atoms with E-state index >= 15 is 0 Å². The molecule has 4 rings (SSSR count). The molecule has 2 heterocycles. The second kappa shape index (κ2) is 4.59. The van der Waals surface area contributed by atoms with Gasteiger partial charge in [-0.25, -0.2) is 0 Å². The smallest absolute Gasteiger partial charge is 0.159 e. The van der Waals surface area contributed by atoms with E-state index in [1.165, 1.54) is 0 Å². The number of fused-ring (bicyclic) bond motifs is 6. The molecule has 122 valence electrons. The zero-order chi connectivity index (χ0) is 15.7. The van der Waals surface area contributed by atoms with Gasteiger partial charge in [0.25, 0.3) is 0 Å². The molecular weight excluding hydrogens is 276 g/mol. The SMILES string of the molecule is C[C@H]1C2=CC(=O)CCC(C)(O2)[C@H]2CC[C@]3(C)[C@@H](O)CC[C@H]3[C@H]12. The van der Waals surface area contributed by atoms with Crippen molar-refractivity contribution in [2.75, 3.05) is 0 Å². The van der Waals surface area contributed by atoms with Crippen LogP contribution in [-0.4, -0.2) is 22.6 Å². The average molecular weight is 304 g/mol. The second-order valence-corrected chi connectivity index (χ2v) is 8.64. The van der Waals surface area contributed by atoms with Gasteiger partial charge in [0.1, 0.15) is 11.4 Å². The summed E-state index contributed by atoms with van der Waals surface area (Å²) in [6.45, 7) is 6.74. The minimum absolute atomic E-state index is 0.0663. The monoisotopic (exact) mass is 304 g/mol. The maximum atomic E-state index is 12.1. The number of aliphatic hydroxyl groups excluding tert-OH is 1. The number of rotatable bonds is 0. The highest BCUT2D eigenvalue weighted by molar-refractivity contribution is 5.90. The van der Waals surface area contributed by atoms with Crippen LogP contribution < -0.4 is 0 Å². The molecule has 0 amide bonds. The molecule has 0 spiro atoms. The van der Waals surface area contributed by atoms with Crippen molar-refractivity contribution in [1.29, 1.82) is 0 Å². The third kappa shape index (κ3) is 1.81. The maximum absolute atomic E-state index is 12.1. The van der Waals surface area contributed by atoms with Gasteiger partial charge in [0.05, 0.1) is 6.10 Å². The third-order valence-corrected chi connectivity index (χ3v) is 7.62. The first-order chi connectivity index (χ1) is 10.3. The van der Waals surface area contributed by atoms with E-state index in [9.17, 15) is 9.90 Å². The molecule has 4 aliphatic rings. The van der Waals surface area contributed by atoms with Gasteiger partial charge in [0, 0.05) is 24.3 Å². The van der Waals surface area contributed by atoms with E-state index in [0.717, 1.165) is 37.9 Å². The highest BCUT2D eigenvalue weighted by atomic mass is 16.5. The molecule has 22 heavy (non-hydrogen) atoms. The van der Waals surface area contributed by atoms with Crippen LogP contribution in [0, 0.1) is 29.1 Å². The van der Waals surface area contributed by atoms with E-state index in [1.807, 2.05) is 0 Å². The number of hydrogen-bond acceptors (Lipinski definition) is 3. The van der Waals surface area contributed by atoms with Crippen LogP contribution >= 0.6 is 0 Å². The topological polar surface area (TPSA) is 46.5 Å². The van der Waals surface area contributed by atoms with Gasteiger partial charge < -0.3 is 9.84 Å². The fraction of sp³-hybridized carbons (Fsp3) is 0.842. The molecule has 1 saturated heterocycles. The summed E-state index contributed by atoms with van der Waals surface area (Å²) < 4.78 is 6.37. The van der Waals surface area contributed by atoms with Crippen LogP contribution in [-0.2, 0) is 9.53 Å². The Bertz CT molecular complexity index is 539. The molecule has 2 bridgehead atoms. The van der Waals surface area contributed by atoms with Gasteiger partial charge in [-0.2, -0.15) is 0 Å². The van der Waals surface area contributed by atoms with Crippen LogP contribution in [0.5, 0.6) is 0 Å². The highest BCUT2D eigenvalue weighted by Crippen LogP contribution is 2.63. The molecule has 3 heteroatoms. The standard InChI is InChI=1S/C19H28O3/c1-11-15-10-12(20)6-9-19(3,22-15)14-7-8-18(2)13(17(11)14)4-5-16(18)21/h10-11,13-14,16-17,21H,4-9H2,1-3H3/t11-,13-,14-,16-,17-,18-,19?/m0/s1. The number of aliphatic hydroxyl groups is 1. The molecule has 1 unspecified atom stereocenters. The summed E-state index contributed by atoms with van der Waals surface area (Å²) in [7, 11) is 0. The van der Waals surface area contributed by atoms with E-state index in [0.29, 0.717) is 30.1 Å². The quantitative estimate of drug-likeness (QED) is 0.745. The van der Waals surface area contributed by atoms with Crippen LogP contribution in [0.15, 0.2) is 11.8 Å². The molecule has 0 aromatic carbocycles. The minimum Gasteiger partial charge on any atom is -0.491 e. The van der Waals surface area contributed by atoms with Gasteiger partial charge >= 0.3 is 0 Å². The van der Waals surface area contributed by atoms with E-state index < -0.39 is 0 Å². The fourth-order valence-corrected chi connectivity index (χ4v) is 6.20. The molecule has 2 aliphatic carbocycles. The first kappa shape index (κ1) is 14.7. The molecule has 0 aromatic heterocycles. The lowest BCUT2D eigenvalue weighted by Gasteiger charge is -2.58. The number of carbonyl (C=O) groups excluding carboxylic acids is 1. The first-order valence-electron chi connectivity index (χ1n) is 8.97. The zero-order valence-corrected chi connectivity index (χ0v) is 14.0. The highest BCUT2D eigenvalue weighted by Gasteiger charge is 2.61. The molecule has 3 nitrogen and oxygen atoms in total. The van der Waals surface area contributed by atoms with Crippen molar-refractivity contribution in [2.45, 2.75) is 71.0 Å². The Hall–Kier alpha value is -0.830. The van der Waals surface area contributed by atoms with Crippen LogP contribution in [0.2, 0.25) is 0 Å². The van der Waals surface area contributed by atoms with E-state index in [2.05, 4.69) is 20.8 Å². The van der Waals surface area contributed by atoms with Gasteiger partial charge in [-0.3, -0.25) is 4.79 Å². The van der Waals surface area contributed by atoms with Crippen LogP contribution in [0.3, 0.4) is 0 Å². The number of allylic oxidation sites excluding steroid dienone is 2. The van der Waals surface area contributed by atoms with E-state index in [4.69, 9.17) is 4.74 Å². The summed E-state index contributed by atoms with van der Waals surface area (Å²) >= 11 is 0. The van der Waals surface area contributed by atoms with Gasteiger partial charge in [-0.15, -0.1) is 0 Å². The van der Waals surface area contributed by atoms with Crippen LogP contribution in [0.1, 0.15) is 59.3 Å². The molecule has 2 aliphatic heterocycles. The van der Waals surface area contributed by atoms with Crippen LogP contribution in [0.4, 0.5) is 0 Å². The molecular formula is C19H28O3. The Labute approximate surface area is 133 Å². The van der Waals surface area contributed by atoms with Crippen molar-refractivity contribution in [3.8, 4) is 0 Å². The number of ketones is 1. The average Bonchev–Trinajstić information content (AvgIpc) is 2.69. The third-order valence-electron chi connectivity index (χ3n) is 7.62. The number of carbonyl (C=O) groups is 1. The number of hydrogen-bond donors (Lipinski definition) is 1. The van der Waals surface area contributed by atoms with Crippen molar-refractivity contribution in [2.24, 2.45) is 29.1 Å². The predicted octanol–water partition coefficient (Wildman–Crippen LogP) is 3.46. The molecule has 2 saturated carbocycles. The van der Waals surface area contributed by atoms with Crippen LogP contribution in [0.25, 0.3) is 0 Å². The molecule has 3 fully saturated rings. The largest absolute Gasteiger partial charge is 0.491 e. The second-order valence-electron chi connectivity index (χ2n) is 8.64. The summed E-state index contributed by atoms with van der Waals surface area (Å²) in [5, 5.41) is 10.5. The first-order valence-corrected chi connectivity index (χ1v) is 8.97. The maximum Gasteiger partial charge on any atom is 0.159 e. The Morgan fingerprint density at radius 1 is 1.18 bits per heavy atom. The zero-order valence-electron chi connectivity index (χ0n) is 14.0. The summed E-state index contributed by atoms with van der Waals surface area (Å²) in [6.07, 6.45) is 7.34. The van der Waals surface area contributed by atoms with Crippen molar-refractivity contribution in [3.05, 3.63) is 11.8 Å². The lowest BCUT2D eigenvalue weighted by molar-refractivity contribution is -0.168. The Morgan fingerprint density at radius 3 is 2.73 bits per heavy atom. The summed E-state index contributed by atoms with van der Waals surface area (Å²) in [5.74, 6) is 3.07. The lowest BCUT2D eigenvalue weighted by Crippen LogP contribution is -2.56. The molecule has 0 radical (unpaired) electrons. The summed E-state index contributed by atoms with van der Waals surface area (Å²) in [5.41, 5.74) is -0.124. The van der Waals surface area contributed by atoms with Crippen molar-refractivity contribution >= 4 is 5.78 Å². The van der Waals surface area contributed by atoms with Gasteiger partial charge in [-0.1, -0.05) is 13.8 Å². The normalized spacial score (nSPS) is 53.9. The molecule has 0 aromatic rings. The Morgan fingerprint density at radius 2 is 1.95 bits per heavy atom. The minimum atomic E-state index is -0.190. The molecule has 1 N–H and O–H groups in total. The van der Waals surface area contributed by atoms with Gasteiger partial charge in [0.15, 0.2) is 5.78 Å². The van der Waals surface area contributed by atoms with Gasteiger partial charge in [-0.05, 0) is 56.3 Å². The number of ether oxygens (including phenoxy) is 1. The predicted molar refractivity (Wildman–Crippen MR) is 84.0 cm³/mol. The van der Waals surface area contributed by atoms with Crippen molar-refractivity contribution in [3.63, 3.8) is 0 Å². The molecule has 7 atom stereocenters. The lowest BCUT2D eigenvalue weighted by atomic mass is 9.52. The Balaban J connectivity index is 1.78. The fourth-order valence-electron chi connectivity index (χ4n) is 6.20. The van der Waals surface area contributed by atoms with Gasteiger partial charge in [0.2, 0.25) is 0 Å².